The molecule has 0 bridgehead atoms. The molecule has 1 aromatic rings. The van der Waals surface area contributed by atoms with E-state index >= 15 is 0 Å². The normalized spacial score (nSPS) is 23.8. The predicted molar refractivity (Wildman–Crippen MR) is 93.5 cm³/mol. The fourth-order valence-corrected chi connectivity index (χ4v) is 3.77. The summed E-state index contributed by atoms with van der Waals surface area (Å²) in [7, 11) is 0. The number of amides is 1. The highest BCUT2D eigenvalue weighted by atomic mass is 16.6. The molecule has 0 aromatic heterocycles. The Morgan fingerprint density at radius 3 is 2.58 bits per heavy atom. The molecule has 0 aliphatic carbocycles. The number of likely N-dealkylation sites (tertiary alicyclic amines) is 1. The van der Waals surface area contributed by atoms with Crippen molar-refractivity contribution < 1.29 is 14.3 Å². The van der Waals surface area contributed by atoms with Crippen molar-refractivity contribution in [1.29, 1.82) is 0 Å². The average Bonchev–Trinajstić information content (AvgIpc) is 3.13. The number of benzene rings is 1. The topological polar surface area (TPSA) is 49.9 Å². The number of nitrogens with zero attached hydrogens (tertiary/aromatic N) is 2. The van der Waals surface area contributed by atoms with Crippen molar-refractivity contribution >= 4 is 18.1 Å². The number of carbonyl (C=O) groups is 2. The summed E-state index contributed by atoms with van der Waals surface area (Å²) in [4.78, 5) is 27.7. The first-order valence-electron chi connectivity index (χ1n) is 8.59. The Morgan fingerprint density at radius 1 is 1.17 bits per heavy atom. The Labute approximate surface area is 143 Å². The van der Waals surface area contributed by atoms with E-state index in [9.17, 15) is 9.59 Å². The van der Waals surface area contributed by atoms with Gasteiger partial charge in [0.1, 0.15) is 5.60 Å². The van der Waals surface area contributed by atoms with Gasteiger partial charge in [-0.1, -0.05) is 12.1 Å². The van der Waals surface area contributed by atoms with Crippen LogP contribution in [0.5, 0.6) is 0 Å². The number of hydrogen-bond acceptors (Lipinski definition) is 4. The van der Waals surface area contributed by atoms with Gasteiger partial charge in [-0.2, -0.15) is 0 Å². The highest BCUT2D eigenvalue weighted by Crippen LogP contribution is 2.41. The van der Waals surface area contributed by atoms with Crippen LogP contribution in [0.2, 0.25) is 0 Å². The SMILES string of the molecule is CC(C)(C)OC(=O)N1CCC2(CCN(c3ccccc3C=O)C2)C1. The predicted octanol–water partition coefficient (Wildman–Crippen LogP) is 3.34. The highest BCUT2D eigenvalue weighted by molar-refractivity contribution is 5.84. The summed E-state index contributed by atoms with van der Waals surface area (Å²) >= 11 is 0. The van der Waals surface area contributed by atoms with Gasteiger partial charge in [-0.25, -0.2) is 4.79 Å². The first kappa shape index (κ1) is 16.8. The van der Waals surface area contributed by atoms with Gasteiger partial charge < -0.3 is 14.5 Å². The minimum Gasteiger partial charge on any atom is -0.444 e. The number of anilines is 1. The van der Waals surface area contributed by atoms with E-state index < -0.39 is 5.60 Å². The van der Waals surface area contributed by atoms with Crippen LogP contribution in [0.25, 0.3) is 0 Å². The molecular weight excluding hydrogens is 304 g/mol. The van der Waals surface area contributed by atoms with E-state index in [0.717, 1.165) is 56.6 Å². The van der Waals surface area contributed by atoms with Crippen LogP contribution in [0.4, 0.5) is 10.5 Å². The first-order valence-corrected chi connectivity index (χ1v) is 8.59. The maximum Gasteiger partial charge on any atom is 0.410 e. The molecule has 2 aliphatic heterocycles. The van der Waals surface area contributed by atoms with Gasteiger partial charge in [-0.05, 0) is 45.7 Å². The van der Waals surface area contributed by atoms with E-state index in [4.69, 9.17) is 4.74 Å². The van der Waals surface area contributed by atoms with Crippen LogP contribution < -0.4 is 4.90 Å². The third-order valence-corrected chi connectivity index (χ3v) is 4.93. The average molecular weight is 330 g/mol. The minimum atomic E-state index is -0.461. The summed E-state index contributed by atoms with van der Waals surface area (Å²) < 4.78 is 5.50. The van der Waals surface area contributed by atoms with Gasteiger partial charge in [-0.3, -0.25) is 4.79 Å². The van der Waals surface area contributed by atoms with Crippen molar-refractivity contribution in [3.63, 3.8) is 0 Å². The summed E-state index contributed by atoms with van der Waals surface area (Å²) in [5, 5.41) is 0. The lowest BCUT2D eigenvalue weighted by Crippen LogP contribution is -2.37. The van der Waals surface area contributed by atoms with Crippen molar-refractivity contribution in [2.75, 3.05) is 31.1 Å². The number of ether oxygens (including phenoxy) is 1. The largest absolute Gasteiger partial charge is 0.444 e. The van der Waals surface area contributed by atoms with Crippen molar-refractivity contribution in [2.24, 2.45) is 5.41 Å². The number of carbonyl (C=O) groups excluding carboxylic acids is 2. The van der Waals surface area contributed by atoms with Crippen LogP contribution in [0.3, 0.4) is 0 Å². The minimum absolute atomic E-state index is 0.118. The molecule has 2 aliphatic rings. The van der Waals surface area contributed by atoms with Gasteiger partial charge in [0.25, 0.3) is 0 Å². The molecule has 1 atom stereocenters. The fourth-order valence-electron chi connectivity index (χ4n) is 3.77. The molecule has 0 saturated carbocycles. The van der Waals surface area contributed by atoms with Crippen LogP contribution >= 0.6 is 0 Å². The van der Waals surface area contributed by atoms with Gasteiger partial charge >= 0.3 is 6.09 Å². The number of rotatable bonds is 2. The van der Waals surface area contributed by atoms with E-state index in [-0.39, 0.29) is 11.5 Å². The summed E-state index contributed by atoms with van der Waals surface area (Å²) in [5.41, 5.74) is 1.39. The second-order valence-electron chi connectivity index (χ2n) is 8.00. The van der Waals surface area contributed by atoms with Gasteiger partial charge in [0.15, 0.2) is 6.29 Å². The smallest absolute Gasteiger partial charge is 0.410 e. The van der Waals surface area contributed by atoms with E-state index in [1.54, 1.807) is 0 Å². The lowest BCUT2D eigenvalue weighted by molar-refractivity contribution is 0.0276. The number of aldehydes is 1. The van der Waals surface area contributed by atoms with Gasteiger partial charge in [0.05, 0.1) is 0 Å². The lowest BCUT2D eigenvalue weighted by atomic mass is 9.86. The van der Waals surface area contributed by atoms with Crippen LogP contribution in [-0.4, -0.2) is 49.1 Å². The van der Waals surface area contributed by atoms with Crippen LogP contribution in [-0.2, 0) is 4.74 Å². The standard InChI is InChI=1S/C19H26N2O3/c1-18(2,3)24-17(23)21-11-9-19(14-21)8-10-20(13-19)16-7-5-4-6-15(16)12-22/h4-7,12H,8-11,13-14H2,1-3H3. The molecule has 2 heterocycles. The second kappa shape index (κ2) is 6.11. The van der Waals surface area contributed by atoms with E-state index in [1.807, 2.05) is 49.9 Å². The number of hydrogen-bond donors (Lipinski definition) is 0. The van der Waals surface area contributed by atoms with Gasteiger partial charge in [0, 0.05) is 42.8 Å². The van der Waals surface area contributed by atoms with Crippen LogP contribution in [0.15, 0.2) is 24.3 Å². The zero-order chi connectivity index (χ0) is 17.4. The molecule has 5 heteroatoms. The van der Waals surface area contributed by atoms with Gasteiger partial charge in [-0.15, -0.1) is 0 Å². The Bertz CT molecular complexity index is 638. The molecule has 1 spiro atoms. The summed E-state index contributed by atoms with van der Waals surface area (Å²) in [5.74, 6) is 0. The fraction of sp³-hybridized carbons (Fsp3) is 0.579. The lowest BCUT2D eigenvalue weighted by Gasteiger charge is -2.27. The summed E-state index contributed by atoms with van der Waals surface area (Å²) in [6.45, 7) is 8.98. The maximum absolute atomic E-state index is 12.3. The van der Waals surface area contributed by atoms with Crippen molar-refractivity contribution in [1.82, 2.24) is 4.90 Å². The second-order valence-corrected chi connectivity index (χ2v) is 8.00. The third kappa shape index (κ3) is 3.40. The van der Waals surface area contributed by atoms with Crippen molar-refractivity contribution in [3.8, 4) is 0 Å². The molecule has 1 aromatic carbocycles. The maximum atomic E-state index is 12.3. The van der Waals surface area contributed by atoms with E-state index in [1.165, 1.54) is 0 Å². The van der Waals surface area contributed by atoms with E-state index in [2.05, 4.69) is 4.90 Å². The Balaban J connectivity index is 1.67. The molecule has 3 rings (SSSR count). The first-order chi connectivity index (χ1) is 11.3. The molecule has 2 fully saturated rings. The quantitative estimate of drug-likeness (QED) is 0.781. The van der Waals surface area contributed by atoms with Gasteiger partial charge in [0.2, 0.25) is 0 Å². The summed E-state index contributed by atoms with van der Waals surface area (Å²) in [6.07, 6.45) is 2.74. The number of para-hydroxylation sites is 1. The zero-order valence-corrected chi connectivity index (χ0v) is 14.7. The Hall–Kier alpha value is -2.04. The molecular formula is C19H26N2O3. The summed E-state index contributed by atoms with van der Waals surface area (Å²) in [6, 6.07) is 7.71. The highest BCUT2D eigenvalue weighted by Gasteiger charge is 2.45. The van der Waals surface area contributed by atoms with Crippen LogP contribution in [0.1, 0.15) is 44.0 Å². The van der Waals surface area contributed by atoms with Crippen molar-refractivity contribution in [3.05, 3.63) is 29.8 Å². The zero-order valence-electron chi connectivity index (χ0n) is 14.7. The monoisotopic (exact) mass is 330 g/mol. The third-order valence-electron chi connectivity index (χ3n) is 4.93. The molecule has 0 N–H and O–H groups in total. The molecule has 5 nitrogen and oxygen atoms in total. The molecule has 1 amide bonds. The van der Waals surface area contributed by atoms with E-state index in [0.29, 0.717) is 0 Å². The molecule has 1 unspecified atom stereocenters. The molecule has 0 radical (unpaired) electrons. The molecule has 130 valence electrons. The molecule has 2 saturated heterocycles. The molecule has 24 heavy (non-hydrogen) atoms. The van der Waals surface area contributed by atoms with Crippen molar-refractivity contribution in [2.45, 2.75) is 39.2 Å². The Morgan fingerprint density at radius 2 is 1.88 bits per heavy atom. The Kier molecular flexibility index (Phi) is 4.28. The van der Waals surface area contributed by atoms with Crippen LogP contribution in [0, 0.1) is 5.41 Å².